The minimum atomic E-state index is -4.69. The Hall–Kier alpha value is -4.03. The molecule has 4 aromatic rings. The van der Waals surface area contributed by atoms with E-state index in [9.17, 15) is 28.0 Å². The molecule has 2 heterocycles. The van der Waals surface area contributed by atoms with E-state index in [-0.39, 0.29) is 33.2 Å². The summed E-state index contributed by atoms with van der Waals surface area (Å²) < 4.78 is 38.4. The Balaban J connectivity index is 1.68. The third-order valence-corrected chi connectivity index (χ3v) is 6.83. The van der Waals surface area contributed by atoms with Gasteiger partial charge in [-0.15, -0.1) is 11.3 Å². The number of H-pyrrole nitrogens is 1. The van der Waals surface area contributed by atoms with Crippen LogP contribution in [0.25, 0.3) is 21.3 Å². The molecule has 2 aromatic heterocycles. The molecule has 0 aliphatic rings. The van der Waals surface area contributed by atoms with E-state index in [0.717, 1.165) is 22.9 Å². The first kappa shape index (κ1) is 26.0. The minimum Gasteiger partial charge on any atom is -0.397 e. The van der Waals surface area contributed by atoms with Crippen LogP contribution in [-0.2, 0) is 6.42 Å². The van der Waals surface area contributed by atoms with Crippen molar-refractivity contribution in [1.82, 2.24) is 10.3 Å². The number of thiophene rings is 1. The molecular formula is C25H24F3N5O3S. The average Bonchev–Trinajstić information content (AvgIpc) is 3.47. The summed E-state index contributed by atoms with van der Waals surface area (Å²) >= 11 is 1.28. The summed E-state index contributed by atoms with van der Waals surface area (Å²) in [7, 11) is 1.38. The van der Waals surface area contributed by atoms with Crippen LogP contribution in [0.1, 0.15) is 32.5 Å². The lowest BCUT2D eigenvalue weighted by Gasteiger charge is -2.20. The lowest BCUT2D eigenvalue weighted by molar-refractivity contribution is -0.129. The van der Waals surface area contributed by atoms with Crippen LogP contribution < -0.4 is 21.4 Å². The Morgan fingerprint density at radius 3 is 2.57 bits per heavy atom. The number of hydroxylamine groups is 1. The summed E-state index contributed by atoms with van der Waals surface area (Å²) in [6.07, 6.45) is -3.81. The fourth-order valence-electron chi connectivity index (χ4n) is 3.91. The number of aromatic amines is 1. The molecule has 0 unspecified atom stereocenters. The first-order valence-electron chi connectivity index (χ1n) is 11.2. The number of hydrogen-bond donors (Lipinski definition) is 5. The monoisotopic (exact) mass is 531 g/mol. The number of fused-ring (bicyclic) bond motifs is 1. The molecule has 0 saturated heterocycles. The van der Waals surface area contributed by atoms with Gasteiger partial charge < -0.3 is 21.4 Å². The van der Waals surface area contributed by atoms with E-state index < -0.39 is 24.5 Å². The molecule has 4 rings (SSSR count). The fourth-order valence-corrected chi connectivity index (χ4v) is 4.81. The van der Waals surface area contributed by atoms with Crippen LogP contribution in [0.4, 0.5) is 30.4 Å². The number of aromatic nitrogens is 1. The van der Waals surface area contributed by atoms with Crippen molar-refractivity contribution in [2.45, 2.75) is 19.5 Å². The molecule has 8 nitrogen and oxygen atoms in total. The second-order valence-corrected chi connectivity index (χ2v) is 9.34. The number of amides is 2. The normalized spacial score (nSPS) is 11.5. The summed E-state index contributed by atoms with van der Waals surface area (Å²) in [6, 6.07) is 14.0. The Morgan fingerprint density at radius 2 is 1.89 bits per heavy atom. The molecule has 0 aliphatic heterocycles. The highest BCUT2D eigenvalue weighted by Gasteiger charge is 2.32. The van der Waals surface area contributed by atoms with Crippen LogP contribution in [-0.4, -0.2) is 41.8 Å². The summed E-state index contributed by atoms with van der Waals surface area (Å²) in [5, 5.41) is 15.2. The van der Waals surface area contributed by atoms with Crippen molar-refractivity contribution in [2.24, 2.45) is 0 Å². The Labute approximate surface area is 213 Å². The predicted octanol–water partition coefficient (Wildman–Crippen LogP) is 5.41. The van der Waals surface area contributed by atoms with Crippen molar-refractivity contribution in [3.63, 3.8) is 0 Å². The number of carbonyl (C=O) groups is 2. The van der Waals surface area contributed by atoms with Crippen LogP contribution in [0.15, 0.2) is 48.5 Å². The number of nitrogens with one attached hydrogen (secondary N) is 3. The number of carbonyl (C=O) groups excluding carboxylic acids is 2. The zero-order chi connectivity index (χ0) is 26.9. The van der Waals surface area contributed by atoms with Crippen LogP contribution in [0, 0.1) is 0 Å². The van der Waals surface area contributed by atoms with Gasteiger partial charge in [0, 0.05) is 17.3 Å². The van der Waals surface area contributed by atoms with Crippen molar-refractivity contribution < 1.29 is 28.0 Å². The first-order valence-corrected chi connectivity index (χ1v) is 12.0. The number of rotatable bonds is 7. The predicted molar refractivity (Wildman–Crippen MR) is 138 cm³/mol. The standard InChI is InChI=1S/C25H24F3N5O3S/c1-3-13-5-4-6-14(9-13)19-7-8-20(37-19)23(34)32-22-21(24(35)30-2)15-10-18(16(29)11-17(15)31-22)33(36)12-25(26,27)28/h4-11,31,36H,3,12,29H2,1-2H3,(H,30,35)(H,32,34). The van der Waals surface area contributed by atoms with E-state index in [1.54, 1.807) is 6.07 Å². The molecule has 0 spiro atoms. The Bertz CT molecular complexity index is 1480. The van der Waals surface area contributed by atoms with Crippen LogP contribution in [0.2, 0.25) is 0 Å². The fraction of sp³-hybridized carbons (Fsp3) is 0.200. The highest BCUT2D eigenvalue weighted by Crippen LogP contribution is 2.36. The third kappa shape index (κ3) is 5.54. The van der Waals surface area contributed by atoms with Gasteiger partial charge >= 0.3 is 6.18 Å². The third-order valence-electron chi connectivity index (χ3n) is 5.70. The van der Waals surface area contributed by atoms with Crippen molar-refractivity contribution >= 4 is 51.2 Å². The number of hydrogen-bond acceptors (Lipinski definition) is 6. The number of nitrogens with zero attached hydrogens (tertiary/aromatic N) is 1. The van der Waals surface area contributed by atoms with Crippen molar-refractivity contribution in [3.05, 3.63) is 64.5 Å². The molecular weight excluding hydrogens is 507 g/mol. The van der Waals surface area contributed by atoms with E-state index in [2.05, 4.69) is 28.6 Å². The van der Waals surface area contributed by atoms with Gasteiger partial charge in [0.15, 0.2) is 0 Å². The van der Waals surface area contributed by atoms with Crippen LogP contribution in [0.5, 0.6) is 0 Å². The Morgan fingerprint density at radius 1 is 1.14 bits per heavy atom. The largest absolute Gasteiger partial charge is 0.408 e. The SMILES string of the molecule is CCc1cccc(-c2ccc(C(=O)Nc3[nH]c4cc(N)c(N(O)CC(F)(F)F)cc4c3C(=O)NC)s2)c1. The van der Waals surface area contributed by atoms with Gasteiger partial charge in [-0.05, 0) is 41.8 Å². The lowest BCUT2D eigenvalue weighted by Crippen LogP contribution is -2.31. The van der Waals surface area contributed by atoms with E-state index in [0.29, 0.717) is 10.4 Å². The van der Waals surface area contributed by atoms with E-state index >= 15 is 0 Å². The molecule has 0 fully saturated rings. The average molecular weight is 532 g/mol. The summed E-state index contributed by atoms with van der Waals surface area (Å²) in [5.74, 6) is -1.03. The molecule has 0 bridgehead atoms. The number of nitrogen functional groups attached to an aromatic ring is 1. The molecule has 0 aliphatic carbocycles. The van der Waals surface area contributed by atoms with Crippen molar-refractivity contribution in [1.29, 1.82) is 0 Å². The molecule has 37 heavy (non-hydrogen) atoms. The summed E-state index contributed by atoms with van der Waals surface area (Å²) in [6.45, 7) is 0.398. The summed E-state index contributed by atoms with van der Waals surface area (Å²) in [5.41, 5.74) is 7.81. The smallest absolute Gasteiger partial charge is 0.397 e. The molecule has 0 radical (unpaired) electrons. The van der Waals surface area contributed by atoms with E-state index in [4.69, 9.17) is 5.73 Å². The maximum Gasteiger partial charge on any atom is 0.408 e. The zero-order valence-corrected chi connectivity index (χ0v) is 20.7. The molecule has 194 valence electrons. The zero-order valence-electron chi connectivity index (χ0n) is 19.9. The number of alkyl halides is 3. The maximum absolute atomic E-state index is 13.1. The topological polar surface area (TPSA) is 123 Å². The van der Waals surface area contributed by atoms with Gasteiger partial charge in [0.25, 0.3) is 11.8 Å². The number of anilines is 3. The van der Waals surface area contributed by atoms with Gasteiger partial charge in [0.1, 0.15) is 12.4 Å². The number of nitrogens with two attached hydrogens (primary N) is 1. The quantitative estimate of drug-likeness (QED) is 0.161. The van der Waals surface area contributed by atoms with E-state index in [1.807, 2.05) is 24.3 Å². The van der Waals surface area contributed by atoms with E-state index in [1.165, 1.54) is 30.0 Å². The molecule has 12 heteroatoms. The first-order chi connectivity index (χ1) is 17.5. The Kier molecular flexibility index (Phi) is 7.14. The highest BCUT2D eigenvalue weighted by atomic mass is 32.1. The van der Waals surface area contributed by atoms with Gasteiger partial charge in [-0.1, -0.05) is 31.2 Å². The molecule has 0 saturated carbocycles. The second-order valence-electron chi connectivity index (χ2n) is 8.26. The molecule has 6 N–H and O–H groups in total. The van der Waals surface area contributed by atoms with Gasteiger partial charge in [-0.2, -0.15) is 13.2 Å². The molecule has 2 amide bonds. The number of aryl methyl sites for hydroxylation is 1. The molecule has 0 atom stereocenters. The molecule has 2 aromatic carbocycles. The lowest BCUT2D eigenvalue weighted by atomic mass is 10.1. The van der Waals surface area contributed by atoms with Crippen LogP contribution >= 0.6 is 11.3 Å². The minimum absolute atomic E-state index is 0.0139. The second kappa shape index (κ2) is 10.1. The van der Waals surface area contributed by atoms with Crippen molar-refractivity contribution in [3.8, 4) is 10.4 Å². The van der Waals surface area contributed by atoms with Gasteiger partial charge in [-0.3, -0.25) is 14.8 Å². The number of halogens is 3. The van der Waals surface area contributed by atoms with Gasteiger partial charge in [-0.25, -0.2) is 5.06 Å². The number of benzene rings is 2. The maximum atomic E-state index is 13.1. The van der Waals surface area contributed by atoms with Crippen LogP contribution in [0.3, 0.4) is 0 Å². The van der Waals surface area contributed by atoms with Gasteiger partial charge in [0.05, 0.1) is 27.3 Å². The summed E-state index contributed by atoms with van der Waals surface area (Å²) in [4.78, 5) is 30.0. The highest BCUT2D eigenvalue weighted by molar-refractivity contribution is 7.17. The van der Waals surface area contributed by atoms with Crippen molar-refractivity contribution in [2.75, 3.05) is 29.7 Å². The van der Waals surface area contributed by atoms with Gasteiger partial charge in [0.2, 0.25) is 0 Å².